The first-order chi connectivity index (χ1) is 9.66. The molecule has 0 spiro atoms. The molecule has 1 aliphatic carbocycles. The third kappa shape index (κ3) is 2.11. The Morgan fingerprint density at radius 2 is 2.15 bits per heavy atom. The highest BCUT2D eigenvalue weighted by Crippen LogP contribution is 2.36. The van der Waals surface area contributed by atoms with Crippen molar-refractivity contribution in [2.75, 3.05) is 0 Å². The predicted molar refractivity (Wildman–Crippen MR) is 74.0 cm³/mol. The molecule has 0 aromatic heterocycles. The second-order valence-electron chi connectivity index (χ2n) is 5.00. The van der Waals surface area contributed by atoms with Crippen LogP contribution in [0.15, 0.2) is 47.8 Å². The number of carbonyl (C=O) groups is 1. The number of Topliss-reactive ketones (excluding diaryl/α,β-unsaturated/α-hetero) is 1. The third-order valence-electron chi connectivity index (χ3n) is 3.75. The summed E-state index contributed by atoms with van der Waals surface area (Å²) >= 11 is 0. The third-order valence-corrected chi connectivity index (χ3v) is 3.75. The van der Waals surface area contributed by atoms with Crippen LogP contribution < -0.4 is 5.32 Å². The maximum atomic E-state index is 12.2. The van der Waals surface area contributed by atoms with E-state index in [-0.39, 0.29) is 17.4 Å². The quantitative estimate of drug-likeness (QED) is 0.662. The maximum Gasteiger partial charge on any atom is 0.269 e. The number of carbonyl (C=O) groups excluding carboxylic acids is 1. The Labute approximate surface area is 116 Å². The molecule has 1 N–H and O–H groups in total. The lowest BCUT2D eigenvalue weighted by Crippen LogP contribution is -2.26. The molecular weight excluding hydrogens is 256 g/mol. The molecule has 5 nitrogen and oxygen atoms in total. The van der Waals surface area contributed by atoms with Crippen LogP contribution in [0.4, 0.5) is 5.69 Å². The highest BCUT2D eigenvalue weighted by molar-refractivity contribution is 5.99. The molecule has 20 heavy (non-hydrogen) atoms. The molecule has 0 radical (unpaired) electrons. The minimum Gasteiger partial charge on any atom is -0.365 e. The molecule has 3 rings (SSSR count). The lowest BCUT2D eigenvalue weighted by atomic mass is 9.80. The minimum absolute atomic E-state index is 0.0554. The predicted octanol–water partition coefficient (Wildman–Crippen LogP) is 2.80. The van der Waals surface area contributed by atoms with E-state index >= 15 is 0 Å². The van der Waals surface area contributed by atoms with Crippen LogP contribution in [0.1, 0.15) is 30.7 Å². The van der Waals surface area contributed by atoms with Gasteiger partial charge in [-0.05, 0) is 24.6 Å². The van der Waals surface area contributed by atoms with Crippen LogP contribution >= 0.6 is 0 Å². The fourth-order valence-corrected chi connectivity index (χ4v) is 2.83. The number of non-ortho nitro benzene ring substituents is 1. The van der Waals surface area contributed by atoms with Crippen molar-refractivity contribution in [3.05, 3.63) is 63.5 Å². The van der Waals surface area contributed by atoms with Crippen LogP contribution in [0.3, 0.4) is 0 Å². The zero-order valence-electron chi connectivity index (χ0n) is 10.8. The molecule has 1 aromatic rings. The molecule has 102 valence electrons. The zero-order chi connectivity index (χ0) is 14.1. The van der Waals surface area contributed by atoms with E-state index in [1.165, 1.54) is 6.07 Å². The standard InChI is InChI=1S/C15H14N2O3/c18-14-6-2-5-13-15(14)12(7-8-16-13)10-3-1-4-11(9-10)17(19)20/h1,3-4,7-9,12,16H,2,5-6H2. The summed E-state index contributed by atoms with van der Waals surface area (Å²) in [6.07, 6.45) is 5.98. The van der Waals surface area contributed by atoms with E-state index < -0.39 is 4.92 Å². The molecule has 1 heterocycles. The van der Waals surface area contributed by atoms with Gasteiger partial charge < -0.3 is 5.32 Å². The van der Waals surface area contributed by atoms with Gasteiger partial charge in [-0.15, -0.1) is 0 Å². The number of ketones is 1. The lowest BCUT2D eigenvalue weighted by molar-refractivity contribution is -0.384. The molecule has 0 fully saturated rings. The highest BCUT2D eigenvalue weighted by Gasteiger charge is 2.29. The Hall–Kier alpha value is -2.43. The Bertz CT molecular complexity index is 646. The van der Waals surface area contributed by atoms with E-state index in [0.29, 0.717) is 6.42 Å². The van der Waals surface area contributed by atoms with Crippen molar-refractivity contribution in [2.45, 2.75) is 25.2 Å². The first-order valence-electron chi connectivity index (χ1n) is 6.60. The van der Waals surface area contributed by atoms with Gasteiger partial charge in [0.1, 0.15) is 0 Å². The highest BCUT2D eigenvalue weighted by atomic mass is 16.6. The second kappa shape index (κ2) is 4.92. The smallest absolute Gasteiger partial charge is 0.269 e. The molecule has 0 amide bonds. The Kier molecular flexibility index (Phi) is 3.10. The van der Waals surface area contributed by atoms with Crippen molar-refractivity contribution in [1.82, 2.24) is 5.32 Å². The van der Waals surface area contributed by atoms with E-state index in [1.54, 1.807) is 12.1 Å². The van der Waals surface area contributed by atoms with Gasteiger partial charge in [-0.2, -0.15) is 0 Å². The van der Waals surface area contributed by atoms with Crippen LogP contribution in [0, 0.1) is 10.1 Å². The van der Waals surface area contributed by atoms with Gasteiger partial charge in [-0.3, -0.25) is 14.9 Å². The molecule has 0 bridgehead atoms. The van der Waals surface area contributed by atoms with Crippen molar-refractivity contribution in [3.8, 4) is 0 Å². The number of nitro benzene ring substituents is 1. The molecule has 5 heteroatoms. The normalized spacial score (nSPS) is 21.4. The average Bonchev–Trinajstić information content (AvgIpc) is 2.47. The number of benzene rings is 1. The van der Waals surface area contributed by atoms with Gasteiger partial charge in [-0.25, -0.2) is 0 Å². The fraction of sp³-hybridized carbons (Fsp3) is 0.267. The summed E-state index contributed by atoms with van der Waals surface area (Å²) in [4.78, 5) is 22.6. The van der Waals surface area contributed by atoms with Gasteiger partial charge >= 0.3 is 0 Å². The van der Waals surface area contributed by atoms with E-state index in [4.69, 9.17) is 0 Å². The summed E-state index contributed by atoms with van der Waals surface area (Å²) in [6, 6.07) is 6.51. The summed E-state index contributed by atoms with van der Waals surface area (Å²) in [7, 11) is 0. The lowest BCUT2D eigenvalue weighted by Gasteiger charge is -2.28. The van der Waals surface area contributed by atoms with Gasteiger partial charge in [0.25, 0.3) is 5.69 Å². The molecule has 0 saturated carbocycles. The van der Waals surface area contributed by atoms with E-state index in [9.17, 15) is 14.9 Å². The van der Waals surface area contributed by atoms with Gasteiger partial charge in [0.05, 0.1) is 4.92 Å². The summed E-state index contributed by atoms with van der Waals surface area (Å²) in [6.45, 7) is 0. The van der Waals surface area contributed by atoms with Crippen molar-refractivity contribution in [2.24, 2.45) is 0 Å². The Balaban J connectivity index is 2.04. The van der Waals surface area contributed by atoms with Crippen LogP contribution in [-0.2, 0) is 4.79 Å². The molecule has 1 aliphatic heterocycles. The van der Waals surface area contributed by atoms with Gasteiger partial charge in [-0.1, -0.05) is 18.2 Å². The molecule has 1 aromatic carbocycles. The number of hydrogen-bond acceptors (Lipinski definition) is 4. The number of nitrogens with one attached hydrogen (secondary N) is 1. The minimum atomic E-state index is -0.410. The van der Waals surface area contributed by atoms with Crippen molar-refractivity contribution < 1.29 is 9.72 Å². The average molecular weight is 270 g/mol. The van der Waals surface area contributed by atoms with Crippen LogP contribution in [-0.4, -0.2) is 10.7 Å². The maximum absolute atomic E-state index is 12.2. The van der Waals surface area contributed by atoms with Crippen molar-refractivity contribution in [3.63, 3.8) is 0 Å². The molecule has 2 aliphatic rings. The number of dihydropyridines is 1. The van der Waals surface area contributed by atoms with E-state index in [2.05, 4.69) is 5.32 Å². The summed E-state index contributed by atoms with van der Waals surface area (Å²) in [5.74, 6) is -0.0430. The Morgan fingerprint density at radius 1 is 1.30 bits per heavy atom. The van der Waals surface area contributed by atoms with Crippen LogP contribution in [0.25, 0.3) is 0 Å². The molecule has 1 unspecified atom stereocenters. The first-order valence-corrected chi connectivity index (χ1v) is 6.60. The van der Waals surface area contributed by atoms with E-state index in [0.717, 1.165) is 29.7 Å². The summed E-state index contributed by atoms with van der Waals surface area (Å²) < 4.78 is 0. The van der Waals surface area contributed by atoms with Crippen LogP contribution in [0.2, 0.25) is 0 Å². The first kappa shape index (κ1) is 12.6. The van der Waals surface area contributed by atoms with Crippen molar-refractivity contribution >= 4 is 11.5 Å². The molecule has 0 saturated heterocycles. The summed E-state index contributed by atoms with van der Waals surface area (Å²) in [5, 5.41) is 14.0. The number of nitrogens with zero attached hydrogens (tertiary/aromatic N) is 1. The second-order valence-corrected chi connectivity index (χ2v) is 5.00. The molecule has 1 atom stereocenters. The van der Waals surface area contributed by atoms with Gasteiger partial charge in [0.15, 0.2) is 5.78 Å². The molecular formula is C15H14N2O3. The van der Waals surface area contributed by atoms with E-state index in [1.807, 2.05) is 18.3 Å². The summed E-state index contributed by atoms with van der Waals surface area (Å²) in [5.41, 5.74) is 2.57. The fourth-order valence-electron chi connectivity index (χ4n) is 2.83. The SMILES string of the molecule is O=C1CCCC2=C1C(c1cccc([N+](=O)[O-])c1)C=CN2. The number of allylic oxidation sites excluding steroid dienone is 3. The number of rotatable bonds is 2. The van der Waals surface area contributed by atoms with Crippen LogP contribution in [0.5, 0.6) is 0 Å². The number of hydrogen-bond donors (Lipinski definition) is 1. The largest absolute Gasteiger partial charge is 0.365 e. The topological polar surface area (TPSA) is 72.2 Å². The Morgan fingerprint density at radius 3 is 2.95 bits per heavy atom. The van der Waals surface area contributed by atoms with Gasteiger partial charge in [0, 0.05) is 35.7 Å². The van der Waals surface area contributed by atoms with Gasteiger partial charge in [0.2, 0.25) is 0 Å². The number of nitro groups is 1. The monoisotopic (exact) mass is 270 g/mol. The zero-order valence-corrected chi connectivity index (χ0v) is 10.8. The van der Waals surface area contributed by atoms with Crippen molar-refractivity contribution in [1.29, 1.82) is 0 Å².